The molecule has 2 rings (SSSR count). The molecule has 2 aromatic rings. The van der Waals surface area contributed by atoms with E-state index in [4.69, 9.17) is 22.1 Å². The Morgan fingerprint density at radius 3 is 2.81 bits per heavy atom. The minimum absolute atomic E-state index is 0.507. The fourth-order valence-electron chi connectivity index (χ4n) is 1.29. The number of ether oxygens (including phenoxy) is 1. The Morgan fingerprint density at radius 2 is 2.06 bits per heavy atom. The third-order valence-electron chi connectivity index (χ3n) is 2.03. The van der Waals surface area contributed by atoms with Crippen LogP contribution in [0.25, 0.3) is 0 Å². The first-order chi connectivity index (χ1) is 7.65. The van der Waals surface area contributed by atoms with Crippen molar-refractivity contribution in [2.24, 2.45) is 0 Å². The lowest BCUT2D eigenvalue weighted by Crippen LogP contribution is -1.91. The highest BCUT2D eigenvalue weighted by atomic mass is 35.5. The Kier molecular flexibility index (Phi) is 2.97. The van der Waals surface area contributed by atoms with E-state index in [0.29, 0.717) is 22.3 Å². The lowest BCUT2D eigenvalue weighted by molar-refractivity contribution is 0.462. The van der Waals surface area contributed by atoms with Crippen LogP contribution in [-0.4, -0.2) is 4.98 Å². The van der Waals surface area contributed by atoms with E-state index >= 15 is 0 Å². The van der Waals surface area contributed by atoms with E-state index in [9.17, 15) is 0 Å². The molecule has 1 aromatic heterocycles. The summed E-state index contributed by atoms with van der Waals surface area (Å²) in [5.74, 6) is 1.02. The van der Waals surface area contributed by atoms with Crippen LogP contribution in [-0.2, 0) is 0 Å². The average molecular weight is 235 g/mol. The molecule has 3 nitrogen and oxygen atoms in total. The molecule has 0 radical (unpaired) electrons. The number of rotatable bonds is 2. The maximum Gasteiger partial charge on any atom is 0.219 e. The summed E-state index contributed by atoms with van der Waals surface area (Å²) in [6.45, 7) is 1.90. The molecule has 0 spiro atoms. The number of anilines is 1. The van der Waals surface area contributed by atoms with Crippen molar-refractivity contribution in [2.75, 3.05) is 5.73 Å². The topological polar surface area (TPSA) is 48.1 Å². The summed E-state index contributed by atoms with van der Waals surface area (Å²) >= 11 is 5.98. The van der Waals surface area contributed by atoms with E-state index in [2.05, 4.69) is 4.98 Å². The minimum atomic E-state index is 0.507. The maximum atomic E-state index is 5.98. The molecule has 0 aliphatic carbocycles. The van der Waals surface area contributed by atoms with Crippen molar-refractivity contribution in [1.82, 2.24) is 4.98 Å². The molecule has 82 valence electrons. The fraction of sp³-hybridized carbons (Fsp3) is 0.0833. The number of aryl methyl sites for hydroxylation is 1. The first-order valence-electron chi connectivity index (χ1n) is 4.82. The van der Waals surface area contributed by atoms with Crippen molar-refractivity contribution in [3.8, 4) is 11.6 Å². The summed E-state index contributed by atoms with van der Waals surface area (Å²) in [5.41, 5.74) is 7.14. The van der Waals surface area contributed by atoms with E-state index in [1.807, 2.05) is 19.1 Å². The number of nitrogens with zero attached hydrogens (tertiary/aromatic N) is 1. The van der Waals surface area contributed by atoms with E-state index < -0.39 is 0 Å². The van der Waals surface area contributed by atoms with Gasteiger partial charge in [0.2, 0.25) is 5.88 Å². The highest BCUT2D eigenvalue weighted by molar-refractivity contribution is 6.32. The number of hydrogen-bond acceptors (Lipinski definition) is 3. The van der Waals surface area contributed by atoms with Crippen LogP contribution < -0.4 is 10.5 Å². The Balaban J connectivity index is 2.30. The molecule has 0 saturated heterocycles. The molecule has 0 fully saturated rings. The standard InChI is InChI=1S/C12H11ClN2O/c1-8-3-2-4-12(15-8)16-11-7-9(14)5-6-10(11)13/h2-7H,14H2,1H3. The summed E-state index contributed by atoms with van der Waals surface area (Å²) in [4.78, 5) is 4.22. The van der Waals surface area contributed by atoms with Crippen LogP contribution in [0.1, 0.15) is 5.69 Å². The van der Waals surface area contributed by atoms with Gasteiger partial charge in [-0.3, -0.25) is 0 Å². The van der Waals surface area contributed by atoms with Gasteiger partial charge in [0.25, 0.3) is 0 Å². The van der Waals surface area contributed by atoms with Crippen molar-refractivity contribution < 1.29 is 4.74 Å². The molecular formula is C12H11ClN2O. The Hall–Kier alpha value is -1.74. The Bertz CT molecular complexity index is 514. The number of halogens is 1. The lowest BCUT2D eigenvalue weighted by atomic mass is 10.3. The first kappa shape index (κ1) is 10.8. The zero-order valence-corrected chi connectivity index (χ0v) is 9.53. The van der Waals surface area contributed by atoms with Gasteiger partial charge in [0, 0.05) is 23.5 Å². The molecule has 0 amide bonds. The quantitative estimate of drug-likeness (QED) is 0.810. The van der Waals surface area contributed by atoms with Crippen LogP contribution in [0.4, 0.5) is 5.69 Å². The molecule has 0 aliphatic heterocycles. The van der Waals surface area contributed by atoms with Gasteiger partial charge in [0.1, 0.15) is 5.75 Å². The van der Waals surface area contributed by atoms with Crippen LogP contribution in [0.3, 0.4) is 0 Å². The van der Waals surface area contributed by atoms with Gasteiger partial charge in [-0.2, -0.15) is 0 Å². The van der Waals surface area contributed by atoms with E-state index in [1.54, 1.807) is 24.3 Å². The zero-order valence-electron chi connectivity index (χ0n) is 8.77. The van der Waals surface area contributed by atoms with Gasteiger partial charge in [0.15, 0.2) is 0 Å². The highest BCUT2D eigenvalue weighted by Gasteiger charge is 2.04. The molecule has 16 heavy (non-hydrogen) atoms. The Morgan fingerprint density at radius 1 is 1.25 bits per heavy atom. The second-order valence-electron chi connectivity index (χ2n) is 3.41. The normalized spacial score (nSPS) is 10.1. The number of benzene rings is 1. The van der Waals surface area contributed by atoms with Gasteiger partial charge in [-0.05, 0) is 25.1 Å². The van der Waals surface area contributed by atoms with Crippen molar-refractivity contribution in [1.29, 1.82) is 0 Å². The average Bonchev–Trinajstić information content (AvgIpc) is 2.24. The monoisotopic (exact) mass is 234 g/mol. The molecule has 1 heterocycles. The van der Waals surface area contributed by atoms with Crippen LogP contribution in [0.5, 0.6) is 11.6 Å². The number of hydrogen-bond donors (Lipinski definition) is 1. The number of aromatic nitrogens is 1. The predicted molar refractivity (Wildman–Crippen MR) is 64.9 cm³/mol. The third-order valence-corrected chi connectivity index (χ3v) is 2.34. The van der Waals surface area contributed by atoms with Crippen molar-refractivity contribution in [2.45, 2.75) is 6.92 Å². The maximum absolute atomic E-state index is 5.98. The smallest absolute Gasteiger partial charge is 0.219 e. The largest absolute Gasteiger partial charge is 0.437 e. The van der Waals surface area contributed by atoms with Crippen molar-refractivity contribution in [3.05, 3.63) is 47.1 Å². The van der Waals surface area contributed by atoms with E-state index in [-0.39, 0.29) is 0 Å². The van der Waals surface area contributed by atoms with Crippen molar-refractivity contribution >= 4 is 17.3 Å². The molecule has 0 atom stereocenters. The number of nitrogen functional groups attached to an aromatic ring is 1. The summed E-state index contributed by atoms with van der Waals surface area (Å²) in [5, 5.41) is 0.512. The van der Waals surface area contributed by atoms with Gasteiger partial charge < -0.3 is 10.5 Å². The number of pyridine rings is 1. The van der Waals surface area contributed by atoms with Crippen molar-refractivity contribution in [3.63, 3.8) is 0 Å². The molecule has 1 aromatic carbocycles. The summed E-state index contributed by atoms with van der Waals surface area (Å²) in [7, 11) is 0. The van der Waals surface area contributed by atoms with Gasteiger partial charge >= 0.3 is 0 Å². The number of nitrogens with two attached hydrogens (primary N) is 1. The van der Waals surface area contributed by atoms with Crippen LogP contribution in [0, 0.1) is 6.92 Å². The third kappa shape index (κ3) is 2.44. The lowest BCUT2D eigenvalue weighted by Gasteiger charge is -2.07. The second kappa shape index (κ2) is 4.41. The van der Waals surface area contributed by atoms with Gasteiger partial charge in [-0.15, -0.1) is 0 Å². The fourth-order valence-corrected chi connectivity index (χ4v) is 1.44. The van der Waals surface area contributed by atoms with Crippen LogP contribution in [0.15, 0.2) is 36.4 Å². The summed E-state index contributed by atoms with van der Waals surface area (Å²) in [6.07, 6.45) is 0. The summed E-state index contributed by atoms with van der Waals surface area (Å²) in [6, 6.07) is 10.6. The van der Waals surface area contributed by atoms with Crippen LogP contribution >= 0.6 is 11.6 Å². The molecule has 0 saturated carbocycles. The minimum Gasteiger partial charge on any atom is -0.437 e. The van der Waals surface area contributed by atoms with Crippen LogP contribution in [0.2, 0.25) is 5.02 Å². The second-order valence-corrected chi connectivity index (χ2v) is 3.82. The van der Waals surface area contributed by atoms with E-state index in [0.717, 1.165) is 5.69 Å². The molecule has 0 bridgehead atoms. The predicted octanol–water partition coefficient (Wildman–Crippen LogP) is 3.42. The molecule has 2 N–H and O–H groups in total. The SMILES string of the molecule is Cc1cccc(Oc2cc(N)ccc2Cl)n1. The van der Waals surface area contributed by atoms with Gasteiger partial charge in [-0.25, -0.2) is 4.98 Å². The van der Waals surface area contributed by atoms with Gasteiger partial charge in [-0.1, -0.05) is 17.7 Å². The molecule has 0 aliphatic rings. The Labute approximate surface area is 98.8 Å². The van der Waals surface area contributed by atoms with Gasteiger partial charge in [0.05, 0.1) is 5.02 Å². The summed E-state index contributed by atoms with van der Waals surface area (Å²) < 4.78 is 5.55. The van der Waals surface area contributed by atoms with E-state index in [1.165, 1.54) is 0 Å². The zero-order chi connectivity index (χ0) is 11.5. The molecular weight excluding hydrogens is 224 g/mol. The first-order valence-corrected chi connectivity index (χ1v) is 5.19. The molecule has 0 unspecified atom stereocenters. The molecule has 4 heteroatoms. The highest BCUT2D eigenvalue weighted by Crippen LogP contribution is 2.30.